The lowest BCUT2D eigenvalue weighted by Crippen LogP contribution is -2.43. The molecule has 2 atom stereocenters. The molecule has 7 heteroatoms. The molecule has 0 aliphatic carbocycles. The van der Waals surface area contributed by atoms with Crippen LogP contribution in [0.2, 0.25) is 0 Å². The Morgan fingerprint density at radius 1 is 1.36 bits per heavy atom. The van der Waals surface area contributed by atoms with Crippen LogP contribution in [-0.4, -0.2) is 30.4 Å². The topological polar surface area (TPSA) is 50.9 Å². The minimum atomic E-state index is -1.51. The van der Waals surface area contributed by atoms with Gasteiger partial charge in [-0.1, -0.05) is 0 Å². The fourth-order valence-electron chi connectivity index (χ4n) is 2.00. The van der Waals surface area contributed by atoms with Gasteiger partial charge in [0.1, 0.15) is 11.7 Å². The van der Waals surface area contributed by atoms with Gasteiger partial charge in [-0.25, -0.2) is 18.0 Å². The van der Waals surface area contributed by atoms with Crippen LogP contribution in [0.1, 0.15) is 26.3 Å². The second kappa shape index (κ2) is 6.16. The number of hydrogen-bond acceptors (Lipinski definition) is 3. The summed E-state index contributed by atoms with van der Waals surface area (Å²) in [5.74, 6) is -4.03. The molecule has 1 aliphatic heterocycles. The number of halogens is 3. The SMILES string of the molecule is CC(C)(C)OC(=O)N[C@@H](Cc1cc(F)c(F)c(F)c1)[C@H]1CO1. The summed E-state index contributed by atoms with van der Waals surface area (Å²) in [4.78, 5) is 11.8. The summed E-state index contributed by atoms with van der Waals surface area (Å²) in [5, 5.41) is 2.61. The van der Waals surface area contributed by atoms with E-state index in [9.17, 15) is 18.0 Å². The van der Waals surface area contributed by atoms with E-state index in [0.717, 1.165) is 12.1 Å². The van der Waals surface area contributed by atoms with Crippen LogP contribution < -0.4 is 5.32 Å². The highest BCUT2D eigenvalue weighted by atomic mass is 19.2. The Labute approximate surface area is 126 Å². The molecule has 1 N–H and O–H groups in total. The Morgan fingerprint density at radius 2 is 1.91 bits per heavy atom. The average molecular weight is 317 g/mol. The zero-order valence-electron chi connectivity index (χ0n) is 12.6. The number of nitrogens with one attached hydrogen (secondary N) is 1. The molecule has 1 aliphatic rings. The van der Waals surface area contributed by atoms with Crippen molar-refractivity contribution in [1.82, 2.24) is 5.32 Å². The van der Waals surface area contributed by atoms with Crippen LogP contribution in [0.3, 0.4) is 0 Å². The van der Waals surface area contributed by atoms with Gasteiger partial charge in [0, 0.05) is 0 Å². The van der Waals surface area contributed by atoms with Gasteiger partial charge in [0.25, 0.3) is 0 Å². The highest BCUT2D eigenvalue weighted by Gasteiger charge is 2.35. The summed E-state index contributed by atoms with van der Waals surface area (Å²) in [6.45, 7) is 5.60. The van der Waals surface area contributed by atoms with Crippen molar-refractivity contribution >= 4 is 6.09 Å². The summed E-state index contributed by atoms with van der Waals surface area (Å²) in [6.07, 6.45) is -0.780. The van der Waals surface area contributed by atoms with Crippen LogP contribution in [0.25, 0.3) is 0 Å². The Hall–Kier alpha value is -1.76. The summed E-state index contributed by atoms with van der Waals surface area (Å²) >= 11 is 0. The highest BCUT2D eigenvalue weighted by Crippen LogP contribution is 2.21. The normalized spacial score (nSPS) is 18.7. The summed E-state index contributed by atoms with van der Waals surface area (Å²) in [5.41, 5.74) is -0.430. The third-order valence-electron chi connectivity index (χ3n) is 3.01. The number of ether oxygens (including phenoxy) is 2. The van der Waals surface area contributed by atoms with E-state index in [2.05, 4.69) is 5.32 Å². The Bertz CT molecular complexity index is 545. The molecule has 0 bridgehead atoms. The molecule has 1 saturated heterocycles. The maximum atomic E-state index is 13.2. The maximum absolute atomic E-state index is 13.2. The fourth-order valence-corrected chi connectivity index (χ4v) is 2.00. The number of alkyl carbamates (subject to hydrolysis) is 1. The second-order valence-electron chi connectivity index (χ2n) is 6.20. The fraction of sp³-hybridized carbons (Fsp3) is 0.533. The van der Waals surface area contributed by atoms with Gasteiger partial charge >= 0.3 is 6.09 Å². The van der Waals surface area contributed by atoms with Crippen molar-refractivity contribution in [3.8, 4) is 0 Å². The third-order valence-corrected chi connectivity index (χ3v) is 3.01. The third kappa shape index (κ3) is 4.62. The molecule has 1 fully saturated rings. The van der Waals surface area contributed by atoms with E-state index < -0.39 is 35.2 Å². The lowest BCUT2D eigenvalue weighted by Gasteiger charge is -2.23. The molecular formula is C15H18F3NO3. The zero-order valence-corrected chi connectivity index (χ0v) is 12.6. The van der Waals surface area contributed by atoms with Crippen molar-refractivity contribution in [3.05, 3.63) is 35.1 Å². The number of rotatable bonds is 4. The highest BCUT2D eigenvalue weighted by molar-refractivity contribution is 5.68. The molecule has 0 unspecified atom stereocenters. The van der Waals surface area contributed by atoms with E-state index in [1.54, 1.807) is 20.8 Å². The molecule has 1 amide bonds. The molecule has 1 heterocycles. The molecular weight excluding hydrogens is 299 g/mol. The van der Waals surface area contributed by atoms with Gasteiger partial charge in [0.05, 0.1) is 12.6 Å². The second-order valence-corrected chi connectivity index (χ2v) is 6.20. The van der Waals surface area contributed by atoms with Crippen molar-refractivity contribution in [2.75, 3.05) is 6.61 Å². The number of carbonyl (C=O) groups excluding carboxylic acids is 1. The molecule has 0 saturated carbocycles. The molecule has 1 aromatic rings. The first-order valence-corrected chi connectivity index (χ1v) is 6.90. The van der Waals surface area contributed by atoms with Crippen LogP contribution >= 0.6 is 0 Å². The van der Waals surface area contributed by atoms with E-state index in [1.165, 1.54) is 0 Å². The van der Waals surface area contributed by atoms with Crippen molar-refractivity contribution in [3.63, 3.8) is 0 Å². The number of amides is 1. The quantitative estimate of drug-likeness (QED) is 0.686. The molecule has 2 rings (SSSR count). The van der Waals surface area contributed by atoms with Crippen molar-refractivity contribution in [1.29, 1.82) is 0 Å². The largest absolute Gasteiger partial charge is 0.444 e. The average Bonchev–Trinajstić information content (AvgIpc) is 3.16. The summed E-state index contributed by atoms with van der Waals surface area (Å²) in [6, 6.07) is 1.31. The minimum absolute atomic E-state index is 0.109. The Morgan fingerprint density at radius 3 is 2.36 bits per heavy atom. The van der Waals surface area contributed by atoms with E-state index >= 15 is 0 Å². The Kier molecular flexibility index (Phi) is 4.65. The molecule has 22 heavy (non-hydrogen) atoms. The van der Waals surface area contributed by atoms with Crippen molar-refractivity contribution in [2.45, 2.75) is 44.9 Å². The molecule has 1 aromatic carbocycles. The Balaban J connectivity index is 2.05. The lowest BCUT2D eigenvalue weighted by molar-refractivity contribution is 0.0495. The van der Waals surface area contributed by atoms with E-state index in [1.807, 2.05) is 0 Å². The summed E-state index contributed by atoms with van der Waals surface area (Å²) in [7, 11) is 0. The van der Waals surface area contributed by atoms with Crippen LogP contribution in [-0.2, 0) is 15.9 Å². The first-order chi connectivity index (χ1) is 10.2. The number of epoxide rings is 1. The monoisotopic (exact) mass is 317 g/mol. The van der Waals surface area contributed by atoms with Gasteiger partial charge in [0.15, 0.2) is 17.5 Å². The number of benzene rings is 1. The van der Waals surface area contributed by atoms with Crippen LogP contribution in [0.15, 0.2) is 12.1 Å². The van der Waals surface area contributed by atoms with Crippen LogP contribution in [0.4, 0.5) is 18.0 Å². The van der Waals surface area contributed by atoms with Gasteiger partial charge in [-0.05, 0) is 44.9 Å². The van der Waals surface area contributed by atoms with Gasteiger partial charge in [0.2, 0.25) is 0 Å². The first kappa shape index (κ1) is 16.6. The number of hydrogen-bond donors (Lipinski definition) is 1. The predicted molar refractivity (Wildman–Crippen MR) is 72.9 cm³/mol. The molecule has 0 aromatic heterocycles. The zero-order chi connectivity index (χ0) is 16.5. The van der Waals surface area contributed by atoms with Gasteiger partial charge in [-0.15, -0.1) is 0 Å². The predicted octanol–water partition coefficient (Wildman–Crippen LogP) is 2.94. The standard InChI is InChI=1S/C15H18F3NO3/c1-15(2,3)22-14(20)19-11(12-7-21-12)6-8-4-9(16)13(18)10(17)5-8/h4-5,11-12H,6-7H2,1-3H3,(H,19,20)/t11-,12+/m0/s1. The van der Waals surface area contributed by atoms with Gasteiger partial charge in [-0.2, -0.15) is 0 Å². The van der Waals surface area contributed by atoms with Crippen molar-refractivity contribution < 1.29 is 27.4 Å². The van der Waals surface area contributed by atoms with Crippen LogP contribution in [0, 0.1) is 17.5 Å². The molecule has 4 nitrogen and oxygen atoms in total. The minimum Gasteiger partial charge on any atom is -0.444 e. The van der Waals surface area contributed by atoms with Gasteiger partial charge < -0.3 is 14.8 Å². The van der Waals surface area contributed by atoms with E-state index in [-0.39, 0.29) is 18.1 Å². The van der Waals surface area contributed by atoms with E-state index in [0.29, 0.717) is 6.61 Å². The smallest absolute Gasteiger partial charge is 0.407 e. The first-order valence-electron chi connectivity index (χ1n) is 6.90. The molecule has 0 radical (unpaired) electrons. The summed E-state index contributed by atoms with van der Waals surface area (Å²) < 4.78 is 49.7. The maximum Gasteiger partial charge on any atom is 0.407 e. The lowest BCUT2D eigenvalue weighted by atomic mass is 10.0. The van der Waals surface area contributed by atoms with Crippen LogP contribution in [0.5, 0.6) is 0 Å². The van der Waals surface area contributed by atoms with Crippen molar-refractivity contribution in [2.24, 2.45) is 0 Å². The van der Waals surface area contributed by atoms with Gasteiger partial charge in [-0.3, -0.25) is 0 Å². The van der Waals surface area contributed by atoms with E-state index in [4.69, 9.17) is 9.47 Å². The molecule has 122 valence electrons. The number of carbonyl (C=O) groups is 1. The molecule has 0 spiro atoms.